The molecule has 2 N–H and O–H groups in total. The molecule has 194 valence electrons. The van der Waals surface area contributed by atoms with E-state index in [1.165, 1.54) is 12.1 Å². The van der Waals surface area contributed by atoms with Crippen LogP contribution in [0.2, 0.25) is 5.02 Å². The molecule has 1 aromatic heterocycles. The first-order chi connectivity index (χ1) is 17.7. The molecule has 7 nitrogen and oxygen atoms in total. The number of hydrogen-bond donors (Lipinski definition) is 1. The number of aromatic nitrogens is 2. The van der Waals surface area contributed by atoms with Gasteiger partial charge in [-0.15, -0.1) is 0 Å². The Morgan fingerprint density at radius 3 is 2.65 bits per heavy atom. The number of benzene rings is 2. The van der Waals surface area contributed by atoms with Gasteiger partial charge in [-0.1, -0.05) is 35.5 Å². The van der Waals surface area contributed by atoms with Crippen LogP contribution in [0.15, 0.2) is 52.5 Å². The fourth-order valence-corrected chi connectivity index (χ4v) is 5.68. The molecule has 2 aromatic carbocycles. The minimum absolute atomic E-state index is 0.0182. The lowest BCUT2D eigenvalue weighted by Crippen LogP contribution is -2.49. The number of amidine groups is 1. The second-order valence-corrected chi connectivity index (χ2v) is 10.5. The molecule has 2 aliphatic rings. The van der Waals surface area contributed by atoms with Gasteiger partial charge in [-0.05, 0) is 41.5 Å². The van der Waals surface area contributed by atoms with E-state index in [0.29, 0.717) is 6.54 Å². The first-order valence-corrected chi connectivity index (χ1v) is 12.8. The Hall–Kier alpha value is -3.02. The van der Waals surface area contributed by atoms with Crippen molar-refractivity contribution in [2.75, 3.05) is 39.3 Å². The predicted octanol–water partition coefficient (Wildman–Crippen LogP) is 4.30. The third-order valence-corrected chi connectivity index (χ3v) is 7.62. The summed E-state index contributed by atoms with van der Waals surface area (Å²) >= 11 is 7.44. The third-order valence-electron chi connectivity index (χ3n) is 6.31. The quantitative estimate of drug-likeness (QED) is 0.514. The summed E-state index contributed by atoms with van der Waals surface area (Å²) in [5.41, 5.74) is 6.36. The standard InChI is InChI=1S/C25H24ClF3N6OS/c26-19-3-2-17(21(11-19)25(27,28)29)14-35-22-4-1-16(9-18(22)12-32-35)10-20-13-31-24(37-20)34-7-5-33(6-8-34)15-23(30)36/h1-4,9-12H,5-8,13-15H2,(H2,30,36). The monoisotopic (exact) mass is 548 g/mol. The Bertz CT molecular complexity index is 1390. The number of carbonyl (C=O) groups excluding carboxylic acids is 1. The fourth-order valence-electron chi connectivity index (χ4n) is 4.50. The Kier molecular flexibility index (Phi) is 7.19. The molecular weight excluding hydrogens is 525 g/mol. The molecule has 0 aliphatic carbocycles. The van der Waals surface area contributed by atoms with Crippen molar-refractivity contribution in [3.8, 4) is 0 Å². The maximum Gasteiger partial charge on any atom is 0.416 e. The van der Waals surface area contributed by atoms with Crippen molar-refractivity contribution in [3.63, 3.8) is 0 Å². The molecule has 5 rings (SSSR count). The predicted molar refractivity (Wildman–Crippen MR) is 140 cm³/mol. The van der Waals surface area contributed by atoms with Gasteiger partial charge in [-0.25, -0.2) is 0 Å². The lowest BCUT2D eigenvalue weighted by molar-refractivity contribution is -0.138. The smallest absolute Gasteiger partial charge is 0.369 e. The largest absolute Gasteiger partial charge is 0.416 e. The number of alkyl halides is 3. The first kappa shape index (κ1) is 25.6. The zero-order chi connectivity index (χ0) is 26.2. The van der Waals surface area contributed by atoms with Crippen LogP contribution in [0.5, 0.6) is 0 Å². The summed E-state index contributed by atoms with van der Waals surface area (Å²) in [6, 6.07) is 9.57. The Labute approximate surface area is 220 Å². The topological polar surface area (TPSA) is 79.8 Å². The summed E-state index contributed by atoms with van der Waals surface area (Å²) in [6.07, 6.45) is -0.766. The summed E-state index contributed by atoms with van der Waals surface area (Å²) in [5, 5.41) is 6.19. The van der Waals surface area contributed by atoms with Gasteiger partial charge in [0.25, 0.3) is 0 Å². The minimum Gasteiger partial charge on any atom is -0.369 e. The van der Waals surface area contributed by atoms with Crippen LogP contribution in [-0.4, -0.2) is 69.9 Å². The molecule has 0 spiro atoms. The molecule has 1 saturated heterocycles. The number of primary amides is 1. The lowest BCUT2D eigenvalue weighted by Gasteiger charge is -2.34. The molecule has 0 saturated carbocycles. The Morgan fingerprint density at radius 2 is 1.92 bits per heavy atom. The molecule has 12 heteroatoms. The molecule has 0 atom stereocenters. The average Bonchev–Trinajstić information content (AvgIpc) is 3.47. The van der Waals surface area contributed by atoms with Gasteiger partial charge in [0, 0.05) is 41.5 Å². The summed E-state index contributed by atoms with van der Waals surface area (Å²) < 4.78 is 42.1. The highest BCUT2D eigenvalue weighted by molar-refractivity contribution is 8.17. The lowest BCUT2D eigenvalue weighted by atomic mass is 10.1. The van der Waals surface area contributed by atoms with E-state index in [1.807, 2.05) is 23.1 Å². The number of amides is 1. The molecular formula is C25H24ClF3N6OS. The van der Waals surface area contributed by atoms with Crippen LogP contribution in [0.1, 0.15) is 16.7 Å². The highest BCUT2D eigenvalue weighted by Gasteiger charge is 2.33. The molecule has 37 heavy (non-hydrogen) atoms. The number of piperazine rings is 1. The Balaban J connectivity index is 1.26. The van der Waals surface area contributed by atoms with E-state index in [-0.39, 0.29) is 29.6 Å². The van der Waals surface area contributed by atoms with Crippen molar-refractivity contribution in [3.05, 3.63) is 69.2 Å². The van der Waals surface area contributed by atoms with Crippen molar-refractivity contribution < 1.29 is 18.0 Å². The van der Waals surface area contributed by atoms with Crippen LogP contribution >= 0.6 is 23.4 Å². The maximum atomic E-state index is 13.5. The van der Waals surface area contributed by atoms with Crippen LogP contribution in [0, 0.1) is 0 Å². The molecule has 1 amide bonds. The summed E-state index contributed by atoms with van der Waals surface area (Å²) in [6.45, 7) is 3.97. The van der Waals surface area contributed by atoms with Crippen LogP contribution in [0.25, 0.3) is 17.0 Å². The van der Waals surface area contributed by atoms with E-state index in [2.05, 4.69) is 21.1 Å². The fraction of sp³-hybridized carbons (Fsp3) is 0.320. The number of nitrogens with zero attached hydrogens (tertiary/aromatic N) is 5. The number of halogens is 4. The molecule has 0 radical (unpaired) electrons. The van der Waals surface area contributed by atoms with Gasteiger partial charge in [-0.2, -0.15) is 18.3 Å². The van der Waals surface area contributed by atoms with E-state index in [1.54, 1.807) is 22.6 Å². The number of carbonyl (C=O) groups is 1. The van der Waals surface area contributed by atoms with Gasteiger partial charge in [0.05, 0.1) is 36.9 Å². The summed E-state index contributed by atoms with van der Waals surface area (Å²) in [5.74, 6) is -0.315. The Morgan fingerprint density at radius 1 is 1.14 bits per heavy atom. The number of nitrogens with two attached hydrogens (primary N) is 1. The van der Waals surface area contributed by atoms with Crippen LogP contribution in [-0.2, 0) is 17.5 Å². The molecule has 3 aromatic rings. The van der Waals surface area contributed by atoms with Crippen molar-refractivity contribution in [2.24, 2.45) is 10.7 Å². The van der Waals surface area contributed by atoms with E-state index in [9.17, 15) is 18.0 Å². The van der Waals surface area contributed by atoms with E-state index < -0.39 is 11.7 Å². The van der Waals surface area contributed by atoms with Crippen LogP contribution in [0.4, 0.5) is 13.2 Å². The average molecular weight is 549 g/mol. The maximum absolute atomic E-state index is 13.5. The molecule has 1 fully saturated rings. The van der Waals surface area contributed by atoms with Gasteiger partial charge < -0.3 is 10.6 Å². The molecule has 0 bridgehead atoms. The zero-order valence-corrected chi connectivity index (χ0v) is 21.3. The molecule has 0 unspecified atom stereocenters. The van der Waals surface area contributed by atoms with E-state index >= 15 is 0 Å². The van der Waals surface area contributed by atoms with Gasteiger partial charge in [0.1, 0.15) is 0 Å². The number of rotatable bonds is 5. The highest BCUT2D eigenvalue weighted by atomic mass is 35.5. The van der Waals surface area contributed by atoms with Crippen molar-refractivity contribution in [2.45, 2.75) is 12.7 Å². The number of hydrogen-bond acceptors (Lipinski definition) is 6. The van der Waals surface area contributed by atoms with Gasteiger partial charge in [0.2, 0.25) is 5.91 Å². The highest BCUT2D eigenvalue weighted by Crippen LogP contribution is 2.35. The minimum atomic E-state index is -4.50. The summed E-state index contributed by atoms with van der Waals surface area (Å²) in [4.78, 5) is 21.2. The SMILES string of the molecule is NC(=O)CN1CCN(C2=NCC(=Cc3ccc4c(cnn4Cc4ccc(Cl)cc4C(F)(F)F)c3)S2)CC1. The number of fused-ring (bicyclic) bond motifs is 1. The number of aliphatic imine (C=N–C) groups is 1. The normalized spacial score (nSPS) is 18.1. The van der Waals surface area contributed by atoms with Crippen LogP contribution < -0.4 is 5.73 Å². The molecule has 3 heterocycles. The van der Waals surface area contributed by atoms with Gasteiger partial charge in [0.15, 0.2) is 5.17 Å². The second kappa shape index (κ2) is 10.4. The number of thioether (sulfide) groups is 1. The zero-order valence-electron chi connectivity index (χ0n) is 19.7. The van der Waals surface area contributed by atoms with Crippen molar-refractivity contribution in [1.29, 1.82) is 0 Å². The van der Waals surface area contributed by atoms with Crippen LogP contribution in [0.3, 0.4) is 0 Å². The first-order valence-electron chi connectivity index (χ1n) is 11.7. The second-order valence-electron chi connectivity index (χ2n) is 8.96. The van der Waals surface area contributed by atoms with E-state index in [4.69, 9.17) is 17.3 Å². The van der Waals surface area contributed by atoms with Gasteiger partial charge in [-0.3, -0.25) is 19.4 Å². The van der Waals surface area contributed by atoms with Crippen molar-refractivity contribution >= 4 is 51.4 Å². The van der Waals surface area contributed by atoms with Gasteiger partial charge >= 0.3 is 6.18 Å². The third kappa shape index (κ3) is 5.94. The van der Waals surface area contributed by atoms with E-state index in [0.717, 1.165) is 58.8 Å². The summed E-state index contributed by atoms with van der Waals surface area (Å²) in [7, 11) is 0. The molecule has 2 aliphatic heterocycles. The van der Waals surface area contributed by atoms with Crippen molar-refractivity contribution in [1.82, 2.24) is 19.6 Å².